The van der Waals surface area contributed by atoms with E-state index in [0.717, 1.165) is 43.5 Å². The number of hydrogen-bond donors (Lipinski definition) is 3. The van der Waals surface area contributed by atoms with Crippen molar-refractivity contribution in [2.75, 3.05) is 30.3 Å². The van der Waals surface area contributed by atoms with E-state index in [4.69, 9.17) is 10.5 Å². The average Bonchev–Trinajstić information content (AvgIpc) is 2.86. The number of aromatic nitrogens is 2. The molecule has 1 saturated heterocycles. The summed E-state index contributed by atoms with van der Waals surface area (Å²) in [7, 11) is 0. The second-order valence-electron chi connectivity index (χ2n) is 5.06. The summed E-state index contributed by atoms with van der Waals surface area (Å²) in [6.45, 7) is 6.20. The molecule has 2 atom stereocenters. The minimum absolute atomic E-state index is 0.0959. The molecule has 0 radical (unpaired) electrons. The quantitative estimate of drug-likeness (QED) is 0.715. The van der Waals surface area contributed by atoms with Crippen LogP contribution in [0.3, 0.4) is 0 Å². The Labute approximate surface area is 114 Å². The summed E-state index contributed by atoms with van der Waals surface area (Å²) in [5.74, 6) is 2.37. The summed E-state index contributed by atoms with van der Waals surface area (Å²) in [6, 6.07) is 2.00. The van der Waals surface area contributed by atoms with Crippen LogP contribution in [0.15, 0.2) is 6.07 Å². The van der Waals surface area contributed by atoms with Gasteiger partial charge in [0.25, 0.3) is 0 Å². The lowest BCUT2D eigenvalue weighted by atomic mass is 10.2. The molecule has 106 valence electrons. The zero-order valence-corrected chi connectivity index (χ0v) is 11.6. The van der Waals surface area contributed by atoms with Gasteiger partial charge < -0.3 is 21.1 Å². The van der Waals surface area contributed by atoms with Gasteiger partial charge in [0, 0.05) is 31.8 Å². The molecule has 6 nitrogen and oxygen atoms in total. The Morgan fingerprint density at radius 1 is 1.42 bits per heavy atom. The standard InChI is InChI=1S/C13H23N5O/c1-9(14)7-15-12-6-13(18-10(2)17-12)16-8-11-4-3-5-19-11/h6,9,11H,3-5,7-8,14H2,1-2H3,(H2,15,16,17,18). The number of rotatable bonds is 6. The third kappa shape index (κ3) is 4.65. The maximum Gasteiger partial charge on any atom is 0.131 e. The van der Waals surface area contributed by atoms with Crippen molar-refractivity contribution in [3.8, 4) is 0 Å². The van der Waals surface area contributed by atoms with Gasteiger partial charge in [-0.25, -0.2) is 9.97 Å². The Kier molecular flexibility index (Phi) is 4.93. The predicted octanol–water partition coefficient (Wildman–Crippen LogP) is 1.14. The SMILES string of the molecule is Cc1nc(NCC(C)N)cc(NCC2CCCO2)n1. The van der Waals surface area contributed by atoms with E-state index in [1.54, 1.807) is 0 Å². The maximum absolute atomic E-state index is 5.72. The summed E-state index contributed by atoms with van der Waals surface area (Å²) in [5, 5.41) is 6.51. The van der Waals surface area contributed by atoms with Crippen molar-refractivity contribution in [3.05, 3.63) is 11.9 Å². The molecule has 0 saturated carbocycles. The van der Waals surface area contributed by atoms with Gasteiger partial charge in [0.1, 0.15) is 17.5 Å². The van der Waals surface area contributed by atoms with Crippen LogP contribution >= 0.6 is 0 Å². The fraction of sp³-hybridized carbons (Fsp3) is 0.692. The molecule has 6 heteroatoms. The minimum atomic E-state index is 0.0959. The Hall–Kier alpha value is -1.40. The molecule has 0 amide bonds. The molecule has 1 aromatic rings. The molecule has 1 aliphatic heterocycles. The highest BCUT2D eigenvalue weighted by atomic mass is 16.5. The molecule has 2 unspecified atom stereocenters. The van der Waals surface area contributed by atoms with Crippen LogP contribution in [0.2, 0.25) is 0 Å². The van der Waals surface area contributed by atoms with Gasteiger partial charge in [-0.1, -0.05) is 0 Å². The molecule has 1 aliphatic rings. The molecule has 0 aromatic carbocycles. The zero-order valence-electron chi connectivity index (χ0n) is 11.6. The lowest BCUT2D eigenvalue weighted by molar-refractivity contribution is 0.120. The summed E-state index contributed by atoms with van der Waals surface area (Å²) < 4.78 is 5.58. The van der Waals surface area contributed by atoms with E-state index in [0.29, 0.717) is 12.6 Å². The van der Waals surface area contributed by atoms with E-state index < -0.39 is 0 Å². The number of ether oxygens (including phenoxy) is 1. The average molecular weight is 265 g/mol. The smallest absolute Gasteiger partial charge is 0.131 e. The number of nitrogens with two attached hydrogens (primary N) is 1. The summed E-state index contributed by atoms with van der Waals surface area (Å²) in [6.07, 6.45) is 2.57. The minimum Gasteiger partial charge on any atom is -0.376 e. The molecule has 0 bridgehead atoms. The van der Waals surface area contributed by atoms with Crippen molar-refractivity contribution >= 4 is 11.6 Å². The van der Waals surface area contributed by atoms with Crippen LogP contribution in [-0.2, 0) is 4.74 Å². The third-order valence-corrected chi connectivity index (χ3v) is 2.98. The number of anilines is 2. The van der Waals surface area contributed by atoms with Gasteiger partial charge >= 0.3 is 0 Å². The third-order valence-electron chi connectivity index (χ3n) is 2.98. The van der Waals surface area contributed by atoms with E-state index in [1.165, 1.54) is 0 Å². The van der Waals surface area contributed by atoms with Gasteiger partial charge in [0.05, 0.1) is 6.10 Å². The fourth-order valence-corrected chi connectivity index (χ4v) is 2.04. The Bertz CT molecular complexity index is 404. The molecule has 0 aliphatic carbocycles. The lowest BCUT2D eigenvalue weighted by Gasteiger charge is -2.13. The van der Waals surface area contributed by atoms with Crippen molar-refractivity contribution < 1.29 is 4.74 Å². The molecule has 0 spiro atoms. The highest BCUT2D eigenvalue weighted by Crippen LogP contribution is 2.15. The molecule has 1 fully saturated rings. The second-order valence-corrected chi connectivity index (χ2v) is 5.06. The molecule has 1 aromatic heterocycles. The fourth-order valence-electron chi connectivity index (χ4n) is 2.04. The maximum atomic E-state index is 5.72. The van der Waals surface area contributed by atoms with Crippen molar-refractivity contribution in [1.82, 2.24) is 9.97 Å². The van der Waals surface area contributed by atoms with Gasteiger partial charge in [-0.2, -0.15) is 0 Å². The normalized spacial score (nSPS) is 20.3. The van der Waals surface area contributed by atoms with E-state index in [2.05, 4.69) is 20.6 Å². The monoisotopic (exact) mass is 265 g/mol. The van der Waals surface area contributed by atoms with Crippen molar-refractivity contribution in [2.24, 2.45) is 5.73 Å². The van der Waals surface area contributed by atoms with Gasteiger partial charge in [0.2, 0.25) is 0 Å². The topological polar surface area (TPSA) is 85.1 Å². The largest absolute Gasteiger partial charge is 0.376 e. The number of nitrogens with one attached hydrogen (secondary N) is 2. The van der Waals surface area contributed by atoms with Crippen LogP contribution in [-0.4, -0.2) is 41.8 Å². The van der Waals surface area contributed by atoms with E-state index in [9.17, 15) is 0 Å². The van der Waals surface area contributed by atoms with Crippen LogP contribution in [0.5, 0.6) is 0 Å². The number of aryl methyl sites for hydroxylation is 1. The zero-order chi connectivity index (χ0) is 13.7. The van der Waals surface area contributed by atoms with Crippen molar-refractivity contribution in [2.45, 2.75) is 38.8 Å². The van der Waals surface area contributed by atoms with Crippen LogP contribution in [0.25, 0.3) is 0 Å². The first-order valence-corrected chi connectivity index (χ1v) is 6.84. The van der Waals surface area contributed by atoms with Gasteiger partial charge in [-0.15, -0.1) is 0 Å². The summed E-state index contributed by atoms with van der Waals surface area (Å²) in [5.41, 5.74) is 5.72. The second kappa shape index (κ2) is 6.68. The summed E-state index contributed by atoms with van der Waals surface area (Å²) in [4.78, 5) is 8.71. The molecular formula is C13H23N5O. The van der Waals surface area contributed by atoms with Gasteiger partial charge in [-0.05, 0) is 26.7 Å². The lowest BCUT2D eigenvalue weighted by Crippen LogP contribution is -2.25. The first-order chi connectivity index (χ1) is 9.13. The Morgan fingerprint density at radius 2 is 2.16 bits per heavy atom. The predicted molar refractivity (Wildman–Crippen MR) is 76.4 cm³/mol. The van der Waals surface area contributed by atoms with Crippen LogP contribution in [0.4, 0.5) is 11.6 Å². The Balaban J connectivity index is 1.91. The molecule has 4 N–H and O–H groups in total. The Morgan fingerprint density at radius 3 is 2.79 bits per heavy atom. The first kappa shape index (κ1) is 14.0. The van der Waals surface area contributed by atoms with E-state index in [-0.39, 0.29) is 6.04 Å². The van der Waals surface area contributed by atoms with Gasteiger partial charge in [-0.3, -0.25) is 0 Å². The molecule has 19 heavy (non-hydrogen) atoms. The highest BCUT2D eigenvalue weighted by molar-refractivity contribution is 5.47. The molecular weight excluding hydrogens is 242 g/mol. The van der Waals surface area contributed by atoms with Gasteiger partial charge in [0.15, 0.2) is 0 Å². The van der Waals surface area contributed by atoms with Crippen LogP contribution in [0.1, 0.15) is 25.6 Å². The highest BCUT2D eigenvalue weighted by Gasteiger charge is 2.15. The number of hydrogen-bond acceptors (Lipinski definition) is 6. The molecule has 2 heterocycles. The number of nitrogens with zero attached hydrogens (tertiary/aromatic N) is 2. The molecule has 2 rings (SSSR count). The van der Waals surface area contributed by atoms with Crippen molar-refractivity contribution in [3.63, 3.8) is 0 Å². The van der Waals surface area contributed by atoms with E-state index in [1.807, 2.05) is 19.9 Å². The van der Waals surface area contributed by atoms with Crippen molar-refractivity contribution in [1.29, 1.82) is 0 Å². The van der Waals surface area contributed by atoms with E-state index >= 15 is 0 Å². The summed E-state index contributed by atoms with van der Waals surface area (Å²) >= 11 is 0. The van der Waals surface area contributed by atoms with Crippen LogP contribution < -0.4 is 16.4 Å². The first-order valence-electron chi connectivity index (χ1n) is 6.84. The van der Waals surface area contributed by atoms with Crippen LogP contribution in [0, 0.1) is 6.92 Å².